The number of hydrogen-bond acceptors (Lipinski definition) is 8. The molecule has 2 fully saturated rings. The van der Waals surface area contributed by atoms with Gasteiger partial charge in [-0.1, -0.05) is 41.6 Å². The van der Waals surface area contributed by atoms with Gasteiger partial charge in [0.2, 0.25) is 24.4 Å². The van der Waals surface area contributed by atoms with Crippen LogP contribution in [-0.4, -0.2) is 76.8 Å². The van der Waals surface area contributed by atoms with Crippen LogP contribution in [0, 0.1) is 5.92 Å². The largest absolute Gasteiger partial charge is 0.454 e. The molecule has 9 nitrogen and oxygen atoms in total. The van der Waals surface area contributed by atoms with Crippen LogP contribution in [0.1, 0.15) is 24.3 Å². The molecule has 2 aromatic carbocycles. The Morgan fingerprint density at radius 2 is 1.61 bits per heavy atom. The standard InChI is InChI=1S/C27H31N5O4/c33-27(32-14-12-31(13-15-32)17-20-6-7-23-24(16-20)35-19-34-23)22-8-10-30(11-9-22)18-25-28-26(29-36-25)21-4-2-1-3-5-21/h1-7,16,22H,8-15,17-19H2. The summed E-state index contributed by atoms with van der Waals surface area (Å²) in [6.07, 6.45) is 1.74. The van der Waals surface area contributed by atoms with E-state index in [1.54, 1.807) is 0 Å². The fourth-order valence-corrected chi connectivity index (χ4v) is 5.23. The van der Waals surface area contributed by atoms with Crippen molar-refractivity contribution in [1.82, 2.24) is 24.8 Å². The number of hydrogen-bond donors (Lipinski definition) is 0. The maximum Gasteiger partial charge on any atom is 0.241 e. The summed E-state index contributed by atoms with van der Waals surface area (Å²) in [5.74, 6) is 3.29. The van der Waals surface area contributed by atoms with E-state index in [1.807, 2.05) is 36.4 Å². The monoisotopic (exact) mass is 489 g/mol. The van der Waals surface area contributed by atoms with Gasteiger partial charge >= 0.3 is 0 Å². The van der Waals surface area contributed by atoms with Crippen LogP contribution < -0.4 is 9.47 Å². The number of carbonyl (C=O) groups excluding carboxylic acids is 1. The Hall–Kier alpha value is -3.43. The van der Waals surface area contributed by atoms with Crippen LogP contribution in [0.5, 0.6) is 11.5 Å². The van der Waals surface area contributed by atoms with Crippen molar-refractivity contribution < 1.29 is 18.8 Å². The van der Waals surface area contributed by atoms with Gasteiger partial charge in [0.05, 0.1) is 6.54 Å². The molecule has 3 aliphatic heterocycles. The molecule has 0 aliphatic carbocycles. The van der Waals surface area contributed by atoms with E-state index in [1.165, 1.54) is 5.56 Å². The molecule has 9 heteroatoms. The lowest BCUT2D eigenvalue weighted by Crippen LogP contribution is -2.51. The maximum atomic E-state index is 13.2. The summed E-state index contributed by atoms with van der Waals surface area (Å²) < 4.78 is 16.4. The average molecular weight is 490 g/mol. The molecule has 36 heavy (non-hydrogen) atoms. The molecule has 2 saturated heterocycles. The summed E-state index contributed by atoms with van der Waals surface area (Å²) >= 11 is 0. The van der Waals surface area contributed by atoms with Crippen LogP contribution >= 0.6 is 0 Å². The van der Waals surface area contributed by atoms with Gasteiger partial charge in [-0.25, -0.2) is 0 Å². The molecule has 4 heterocycles. The summed E-state index contributed by atoms with van der Waals surface area (Å²) in [4.78, 5) is 24.5. The van der Waals surface area contributed by atoms with Crippen LogP contribution in [0.3, 0.4) is 0 Å². The Balaban J connectivity index is 0.948. The zero-order chi connectivity index (χ0) is 24.3. The van der Waals surface area contributed by atoms with E-state index in [4.69, 9.17) is 14.0 Å². The smallest absolute Gasteiger partial charge is 0.241 e. The Kier molecular flexibility index (Phi) is 6.57. The SMILES string of the molecule is O=C(C1CCN(Cc2nc(-c3ccccc3)no2)CC1)N1CCN(Cc2ccc3c(c2)OCO3)CC1. The number of aromatic nitrogens is 2. The summed E-state index contributed by atoms with van der Waals surface area (Å²) in [6, 6.07) is 16.0. The second-order valence-corrected chi connectivity index (χ2v) is 9.72. The molecule has 0 unspecified atom stereocenters. The first-order valence-electron chi connectivity index (χ1n) is 12.7. The van der Waals surface area contributed by atoms with Gasteiger partial charge in [-0.15, -0.1) is 0 Å². The van der Waals surface area contributed by atoms with Gasteiger partial charge in [-0.2, -0.15) is 4.98 Å². The normalized spacial score (nSPS) is 19.1. The van der Waals surface area contributed by atoms with Gasteiger partial charge in [-0.05, 0) is 43.6 Å². The molecule has 0 bridgehead atoms. The number of piperazine rings is 1. The van der Waals surface area contributed by atoms with Crippen molar-refractivity contribution in [2.45, 2.75) is 25.9 Å². The van der Waals surface area contributed by atoms with Crippen molar-refractivity contribution >= 4 is 5.91 Å². The van der Waals surface area contributed by atoms with Crippen LogP contribution in [0.4, 0.5) is 0 Å². The van der Waals surface area contributed by atoms with E-state index in [9.17, 15) is 4.79 Å². The second-order valence-electron chi connectivity index (χ2n) is 9.72. The second kappa shape index (κ2) is 10.3. The number of amides is 1. The highest BCUT2D eigenvalue weighted by atomic mass is 16.7. The topological polar surface area (TPSA) is 84.2 Å². The predicted octanol–water partition coefficient (Wildman–Crippen LogP) is 3.02. The van der Waals surface area contributed by atoms with Gasteiger partial charge < -0.3 is 18.9 Å². The summed E-state index contributed by atoms with van der Waals surface area (Å²) in [5.41, 5.74) is 2.16. The first kappa shape index (κ1) is 23.0. The van der Waals surface area contributed by atoms with E-state index in [0.717, 1.165) is 75.7 Å². The van der Waals surface area contributed by atoms with Crippen molar-refractivity contribution in [3.05, 3.63) is 60.0 Å². The summed E-state index contributed by atoms with van der Waals surface area (Å²) in [5, 5.41) is 4.11. The minimum Gasteiger partial charge on any atom is -0.454 e. The average Bonchev–Trinajstić information content (AvgIpc) is 3.59. The van der Waals surface area contributed by atoms with Crippen molar-refractivity contribution in [3.8, 4) is 22.9 Å². The van der Waals surface area contributed by atoms with Gasteiger partial charge in [0.25, 0.3) is 0 Å². The van der Waals surface area contributed by atoms with E-state index >= 15 is 0 Å². The molecule has 1 aromatic heterocycles. The Labute approximate surface area is 210 Å². The number of fused-ring (bicyclic) bond motifs is 1. The third-order valence-electron chi connectivity index (χ3n) is 7.32. The summed E-state index contributed by atoms with van der Waals surface area (Å²) in [6.45, 7) is 6.86. The first-order valence-corrected chi connectivity index (χ1v) is 12.7. The number of likely N-dealkylation sites (tertiary alicyclic amines) is 1. The van der Waals surface area contributed by atoms with E-state index in [2.05, 4.69) is 37.0 Å². The van der Waals surface area contributed by atoms with Crippen molar-refractivity contribution in [2.75, 3.05) is 46.1 Å². The fraction of sp³-hybridized carbons (Fsp3) is 0.444. The lowest BCUT2D eigenvalue weighted by molar-refractivity contribution is -0.139. The van der Waals surface area contributed by atoms with Gasteiger partial charge in [0, 0.05) is 44.2 Å². The molecule has 3 aliphatic rings. The van der Waals surface area contributed by atoms with Crippen LogP contribution in [0.25, 0.3) is 11.4 Å². The maximum absolute atomic E-state index is 13.2. The highest BCUT2D eigenvalue weighted by Gasteiger charge is 2.31. The molecule has 0 N–H and O–H groups in total. The number of nitrogens with zero attached hydrogens (tertiary/aromatic N) is 5. The third-order valence-corrected chi connectivity index (χ3v) is 7.32. The molecule has 0 radical (unpaired) electrons. The number of carbonyl (C=O) groups is 1. The fourth-order valence-electron chi connectivity index (χ4n) is 5.23. The molecule has 1 amide bonds. The van der Waals surface area contributed by atoms with Gasteiger partial charge in [0.15, 0.2) is 11.5 Å². The summed E-state index contributed by atoms with van der Waals surface area (Å²) in [7, 11) is 0. The molecule has 0 spiro atoms. The highest BCUT2D eigenvalue weighted by molar-refractivity contribution is 5.79. The Bertz CT molecular complexity index is 1180. The number of piperidine rings is 1. The number of benzene rings is 2. The minimum atomic E-state index is 0.101. The van der Waals surface area contributed by atoms with Crippen LogP contribution in [-0.2, 0) is 17.9 Å². The van der Waals surface area contributed by atoms with Crippen molar-refractivity contribution in [1.29, 1.82) is 0 Å². The first-order chi connectivity index (χ1) is 17.7. The quantitative estimate of drug-likeness (QED) is 0.523. The number of ether oxygens (including phenoxy) is 2. The Morgan fingerprint density at radius 3 is 2.42 bits per heavy atom. The van der Waals surface area contributed by atoms with Gasteiger partial charge in [0.1, 0.15) is 0 Å². The van der Waals surface area contributed by atoms with Crippen LogP contribution in [0.15, 0.2) is 53.1 Å². The molecule has 0 saturated carbocycles. The van der Waals surface area contributed by atoms with Crippen LogP contribution in [0.2, 0.25) is 0 Å². The zero-order valence-corrected chi connectivity index (χ0v) is 20.3. The molecular weight excluding hydrogens is 458 g/mol. The highest BCUT2D eigenvalue weighted by Crippen LogP contribution is 2.33. The van der Waals surface area contributed by atoms with E-state index in [0.29, 0.717) is 31.0 Å². The minimum absolute atomic E-state index is 0.101. The molecule has 3 aromatic rings. The predicted molar refractivity (Wildman–Crippen MR) is 132 cm³/mol. The van der Waals surface area contributed by atoms with E-state index < -0.39 is 0 Å². The molecule has 0 atom stereocenters. The Morgan fingerprint density at radius 1 is 0.861 bits per heavy atom. The lowest BCUT2D eigenvalue weighted by Gasteiger charge is -2.38. The lowest BCUT2D eigenvalue weighted by atomic mass is 9.95. The zero-order valence-electron chi connectivity index (χ0n) is 20.3. The number of rotatable bonds is 6. The van der Waals surface area contributed by atoms with Gasteiger partial charge in [-0.3, -0.25) is 14.6 Å². The van der Waals surface area contributed by atoms with Crippen molar-refractivity contribution in [2.24, 2.45) is 5.92 Å². The molecule has 6 rings (SSSR count). The molecular formula is C27H31N5O4. The molecule has 188 valence electrons. The third kappa shape index (κ3) is 5.08. The van der Waals surface area contributed by atoms with Crippen molar-refractivity contribution in [3.63, 3.8) is 0 Å². The van der Waals surface area contributed by atoms with E-state index in [-0.39, 0.29) is 5.92 Å².